The second-order valence-corrected chi connectivity index (χ2v) is 8.39. The molecule has 1 heterocycles. The van der Waals surface area contributed by atoms with E-state index in [0.29, 0.717) is 34.8 Å². The summed E-state index contributed by atoms with van der Waals surface area (Å²) in [5, 5.41) is 6.96. The van der Waals surface area contributed by atoms with Crippen molar-refractivity contribution in [2.45, 2.75) is 26.9 Å². The largest absolute Gasteiger partial charge is 0.493 e. The Morgan fingerprint density at radius 1 is 0.857 bits per heavy atom. The van der Waals surface area contributed by atoms with Crippen molar-refractivity contribution in [1.29, 1.82) is 0 Å². The molecule has 1 aromatic heterocycles. The molecule has 180 valence electrons. The maximum atomic E-state index is 13.5. The SMILES string of the molecule is COc1cc2cc(CNc3ccccc3)c(=O)n(CC(=O)Nc3ccc(C)c(C)c3)c2cc1OC. The van der Waals surface area contributed by atoms with Crippen molar-refractivity contribution >= 4 is 28.2 Å². The third-order valence-electron chi connectivity index (χ3n) is 6.02. The molecule has 1 amide bonds. The van der Waals surface area contributed by atoms with Crippen LogP contribution in [0.15, 0.2) is 71.5 Å². The van der Waals surface area contributed by atoms with E-state index in [1.54, 1.807) is 13.2 Å². The Balaban J connectivity index is 1.73. The highest BCUT2D eigenvalue weighted by Gasteiger charge is 2.16. The number of anilines is 2. The number of aromatic nitrogens is 1. The van der Waals surface area contributed by atoms with E-state index in [9.17, 15) is 9.59 Å². The number of methoxy groups -OCH3 is 2. The van der Waals surface area contributed by atoms with Gasteiger partial charge < -0.3 is 20.1 Å². The number of amides is 1. The lowest BCUT2D eigenvalue weighted by atomic mass is 10.1. The Bertz CT molecular complexity index is 1430. The number of carbonyl (C=O) groups excluding carboxylic acids is 1. The number of rotatable bonds is 8. The van der Waals surface area contributed by atoms with Gasteiger partial charge >= 0.3 is 0 Å². The van der Waals surface area contributed by atoms with E-state index in [-0.39, 0.29) is 18.0 Å². The predicted molar refractivity (Wildman–Crippen MR) is 140 cm³/mol. The molecule has 4 rings (SSSR count). The van der Waals surface area contributed by atoms with Gasteiger partial charge in [-0.1, -0.05) is 24.3 Å². The molecule has 0 spiro atoms. The lowest BCUT2D eigenvalue weighted by molar-refractivity contribution is -0.116. The van der Waals surface area contributed by atoms with E-state index in [2.05, 4.69) is 10.6 Å². The third-order valence-corrected chi connectivity index (χ3v) is 6.02. The number of hydrogen-bond acceptors (Lipinski definition) is 5. The molecule has 0 aliphatic heterocycles. The average molecular weight is 472 g/mol. The Morgan fingerprint density at radius 2 is 1.57 bits per heavy atom. The summed E-state index contributed by atoms with van der Waals surface area (Å²) in [4.78, 5) is 26.5. The van der Waals surface area contributed by atoms with E-state index in [4.69, 9.17) is 9.47 Å². The van der Waals surface area contributed by atoms with Gasteiger partial charge in [0.2, 0.25) is 5.91 Å². The van der Waals surface area contributed by atoms with E-state index in [1.165, 1.54) is 11.7 Å². The number of hydrogen-bond donors (Lipinski definition) is 2. The first-order chi connectivity index (χ1) is 16.9. The second-order valence-electron chi connectivity index (χ2n) is 8.39. The maximum absolute atomic E-state index is 13.5. The monoisotopic (exact) mass is 471 g/mol. The first-order valence-electron chi connectivity index (χ1n) is 11.3. The quantitative estimate of drug-likeness (QED) is 0.383. The normalized spacial score (nSPS) is 10.7. The van der Waals surface area contributed by atoms with Crippen molar-refractivity contribution in [1.82, 2.24) is 4.57 Å². The van der Waals surface area contributed by atoms with Crippen LogP contribution in [0.1, 0.15) is 16.7 Å². The molecule has 0 aliphatic carbocycles. The topological polar surface area (TPSA) is 81.6 Å². The molecular formula is C28H29N3O4. The number of pyridine rings is 1. The van der Waals surface area contributed by atoms with Crippen molar-refractivity contribution in [3.8, 4) is 11.5 Å². The van der Waals surface area contributed by atoms with Crippen LogP contribution in [0, 0.1) is 13.8 Å². The lowest BCUT2D eigenvalue weighted by Crippen LogP contribution is -2.30. The van der Waals surface area contributed by atoms with Crippen LogP contribution in [-0.4, -0.2) is 24.7 Å². The average Bonchev–Trinajstić information content (AvgIpc) is 2.86. The van der Waals surface area contributed by atoms with Crippen LogP contribution in [0.5, 0.6) is 11.5 Å². The van der Waals surface area contributed by atoms with Crippen molar-refractivity contribution in [3.05, 3.63) is 93.8 Å². The first kappa shape index (κ1) is 23.9. The van der Waals surface area contributed by atoms with Gasteiger partial charge in [0.1, 0.15) is 6.54 Å². The Kier molecular flexibility index (Phi) is 7.06. The zero-order valence-electron chi connectivity index (χ0n) is 20.3. The minimum absolute atomic E-state index is 0.142. The molecule has 3 aromatic carbocycles. The van der Waals surface area contributed by atoms with Crippen LogP contribution in [0.3, 0.4) is 0 Å². The standard InChI is InChI=1S/C28H29N3O4/c1-18-10-11-23(12-19(18)2)30-27(32)17-31-24-15-26(35-4)25(34-3)14-20(24)13-21(28(31)33)16-29-22-8-6-5-7-9-22/h5-15,29H,16-17H2,1-4H3,(H,30,32). The summed E-state index contributed by atoms with van der Waals surface area (Å²) < 4.78 is 12.4. The lowest BCUT2D eigenvalue weighted by Gasteiger charge is -2.16. The molecule has 0 unspecified atom stereocenters. The van der Waals surface area contributed by atoms with Crippen molar-refractivity contribution < 1.29 is 14.3 Å². The predicted octanol–water partition coefficient (Wildman–Crippen LogP) is 4.89. The van der Waals surface area contributed by atoms with Crippen molar-refractivity contribution in [2.75, 3.05) is 24.9 Å². The van der Waals surface area contributed by atoms with Crippen LogP contribution < -0.4 is 25.7 Å². The fourth-order valence-electron chi connectivity index (χ4n) is 3.97. The minimum Gasteiger partial charge on any atom is -0.493 e. The summed E-state index contributed by atoms with van der Waals surface area (Å²) in [7, 11) is 3.10. The summed E-state index contributed by atoms with van der Waals surface area (Å²) in [6.07, 6.45) is 0. The molecule has 7 heteroatoms. The highest BCUT2D eigenvalue weighted by atomic mass is 16.5. The highest BCUT2D eigenvalue weighted by molar-refractivity contribution is 5.92. The molecule has 0 atom stereocenters. The summed E-state index contributed by atoms with van der Waals surface area (Å²) >= 11 is 0. The van der Waals surface area contributed by atoms with E-state index in [1.807, 2.05) is 74.5 Å². The van der Waals surface area contributed by atoms with Gasteiger partial charge in [-0.05, 0) is 61.4 Å². The second kappa shape index (κ2) is 10.3. The number of nitrogens with one attached hydrogen (secondary N) is 2. The maximum Gasteiger partial charge on any atom is 0.256 e. The van der Waals surface area contributed by atoms with E-state index >= 15 is 0 Å². The fraction of sp³-hybridized carbons (Fsp3) is 0.214. The zero-order valence-corrected chi connectivity index (χ0v) is 20.3. The number of ether oxygens (including phenoxy) is 2. The smallest absolute Gasteiger partial charge is 0.256 e. The fourth-order valence-corrected chi connectivity index (χ4v) is 3.97. The Labute approximate surface area is 204 Å². The van der Waals surface area contributed by atoms with Crippen LogP contribution in [0.25, 0.3) is 10.9 Å². The summed E-state index contributed by atoms with van der Waals surface area (Å²) in [5.41, 5.74) is 4.69. The minimum atomic E-state index is -0.292. The third kappa shape index (κ3) is 5.30. The molecule has 0 bridgehead atoms. The Hall–Kier alpha value is -4.26. The molecule has 0 radical (unpaired) electrons. The highest BCUT2D eigenvalue weighted by Crippen LogP contribution is 2.32. The molecule has 0 saturated carbocycles. The number of para-hydroxylation sites is 1. The number of benzene rings is 3. The Morgan fingerprint density at radius 3 is 2.26 bits per heavy atom. The zero-order chi connectivity index (χ0) is 24.9. The van der Waals surface area contributed by atoms with E-state index in [0.717, 1.165) is 22.2 Å². The van der Waals surface area contributed by atoms with Gasteiger partial charge in [0, 0.05) is 34.9 Å². The van der Waals surface area contributed by atoms with Gasteiger partial charge in [-0.2, -0.15) is 0 Å². The van der Waals surface area contributed by atoms with Crippen LogP contribution >= 0.6 is 0 Å². The molecule has 35 heavy (non-hydrogen) atoms. The van der Waals surface area contributed by atoms with Crippen molar-refractivity contribution in [2.24, 2.45) is 0 Å². The van der Waals surface area contributed by atoms with Crippen LogP contribution in [0.4, 0.5) is 11.4 Å². The molecule has 7 nitrogen and oxygen atoms in total. The van der Waals surface area contributed by atoms with Crippen molar-refractivity contribution in [3.63, 3.8) is 0 Å². The molecule has 2 N–H and O–H groups in total. The number of carbonyl (C=O) groups is 1. The summed E-state index contributed by atoms with van der Waals surface area (Å²) in [6.45, 7) is 4.18. The van der Waals surface area contributed by atoms with Crippen LogP contribution in [-0.2, 0) is 17.9 Å². The summed E-state index contributed by atoms with van der Waals surface area (Å²) in [6, 6.07) is 20.8. The van der Waals surface area contributed by atoms with Gasteiger partial charge in [0.15, 0.2) is 11.5 Å². The van der Waals surface area contributed by atoms with Crippen LogP contribution in [0.2, 0.25) is 0 Å². The van der Waals surface area contributed by atoms with Gasteiger partial charge in [-0.15, -0.1) is 0 Å². The molecule has 0 saturated heterocycles. The number of nitrogens with zero attached hydrogens (tertiary/aromatic N) is 1. The van der Waals surface area contributed by atoms with E-state index < -0.39 is 0 Å². The first-order valence-corrected chi connectivity index (χ1v) is 11.3. The molecular weight excluding hydrogens is 442 g/mol. The molecule has 0 fully saturated rings. The number of fused-ring (bicyclic) bond motifs is 1. The van der Waals surface area contributed by atoms with Gasteiger partial charge in [-0.25, -0.2) is 0 Å². The molecule has 0 aliphatic rings. The van der Waals surface area contributed by atoms with Gasteiger partial charge in [0.25, 0.3) is 5.56 Å². The van der Waals surface area contributed by atoms with Gasteiger partial charge in [0.05, 0.1) is 19.7 Å². The molecule has 4 aromatic rings. The summed E-state index contributed by atoms with van der Waals surface area (Å²) in [5.74, 6) is 0.740. The van der Waals surface area contributed by atoms with Gasteiger partial charge in [-0.3, -0.25) is 14.2 Å². The number of aryl methyl sites for hydroxylation is 2.